The zero-order valence-corrected chi connectivity index (χ0v) is 17.0. The van der Waals surface area contributed by atoms with Gasteiger partial charge in [0.2, 0.25) is 0 Å². The number of furan rings is 1. The second kappa shape index (κ2) is 7.93. The highest BCUT2D eigenvalue weighted by molar-refractivity contribution is 9.10. The Kier molecular flexibility index (Phi) is 5.37. The van der Waals surface area contributed by atoms with Gasteiger partial charge in [0, 0.05) is 23.7 Å². The van der Waals surface area contributed by atoms with Crippen molar-refractivity contribution >= 4 is 32.8 Å². The zero-order chi connectivity index (χ0) is 19.7. The Labute approximate surface area is 170 Å². The highest BCUT2D eigenvalue weighted by Gasteiger charge is 2.26. The maximum absolute atomic E-state index is 13.2. The molecule has 0 bridgehead atoms. The lowest BCUT2D eigenvalue weighted by Gasteiger charge is -2.24. The fraction of sp³-hybridized carbons (Fsp3) is 0.333. The third-order valence-electron chi connectivity index (χ3n) is 4.78. The number of aryl methyl sites for hydroxylation is 1. The van der Waals surface area contributed by atoms with E-state index >= 15 is 0 Å². The summed E-state index contributed by atoms with van der Waals surface area (Å²) >= 11 is 3.37. The molecule has 0 saturated carbocycles. The molecule has 0 unspecified atom stereocenters. The summed E-state index contributed by atoms with van der Waals surface area (Å²) in [6.45, 7) is 3.26. The molecule has 1 amide bonds. The van der Waals surface area contributed by atoms with Gasteiger partial charge in [-0.15, -0.1) is 0 Å². The SMILES string of the molecule is Cc1ccc(CN(C[C@@H]2CCCO2)C(=O)c2cc(=O)c3ccc(Br)cc3o2)o1. The Bertz CT molecular complexity index is 1060. The quantitative estimate of drug-likeness (QED) is 0.585. The summed E-state index contributed by atoms with van der Waals surface area (Å²) in [5, 5.41) is 0.437. The summed E-state index contributed by atoms with van der Waals surface area (Å²) in [5.41, 5.74) is 0.124. The van der Waals surface area contributed by atoms with Gasteiger partial charge in [0.15, 0.2) is 11.2 Å². The first kappa shape index (κ1) is 19.0. The van der Waals surface area contributed by atoms with E-state index in [9.17, 15) is 9.59 Å². The Balaban J connectivity index is 1.67. The first-order valence-electron chi connectivity index (χ1n) is 9.19. The second-order valence-electron chi connectivity index (χ2n) is 6.95. The van der Waals surface area contributed by atoms with Crippen LogP contribution in [0.5, 0.6) is 0 Å². The number of rotatable bonds is 5. The van der Waals surface area contributed by atoms with Crippen LogP contribution in [-0.4, -0.2) is 30.1 Å². The van der Waals surface area contributed by atoms with Crippen molar-refractivity contribution in [3.63, 3.8) is 0 Å². The Morgan fingerprint density at radius 2 is 2.07 bits per heavy atom. The van der Waals surface area contributed by atoms with Crippen LogP contribution in [0.15, 0.2) is 54.5 Å². The van der Waals surface area contributed by atoms with Crippen molar-refractivity contribution in [1.29, 1.82) is 0 Å². The topological polar surface area (TPSA) is 72.9 Å². The van der Waals surface area contributed by atoms with Gasteiger partial charge in [0.05, 0.1) is 18.0 Å². The summed E-state index contributed by atoms with van der Waals surface area (Å²) in [6.07, 6.45) is 1.85. The minimum absolute atomic E-state index is 0.0110. The Morgan fingerprint density at radius 3 is 2.79 bits per heavy atom. The number of carbonyl (C=O) groups is 1. The number of hydrogen-bond donors (Lipinski definition) is 0. The molecule has 0 aliphatic carbocycles. The fourth-order valence-electron chi connectivity index (χ4n) is 3.40. The highest BCUT2D eigenvalue weighted by atomic mass is 79.9. The number of hydrogen-bond acceptors (Lipinski definition) is 5. The summed E-state index contributed by atoms with van der Waals surface area (Å²) in [6, 6.07) is 10.1. The lowest BCUT2D eigenvalue weighted by molar-refractivity contribution is 0.0468. The Hall–Kier alpha value is -2.38. The molecular formula is C21H20BrNO5. The van der Waals surface area contributed by atoms with Crippen molar-refractivity contribution in [3.05, 3.63) is 68.4 Å². The summed E-state index contributed by atoms with van der Waals surface area (Å²) in [7, 11) is 0. The van der Waals surface area contributed by atoms with E-state index in [1.807, 2.05) is 19.1 Å². The predicted octanol–water partition coefficient (Wildman–Crippen LogP) is 4.28. The molecule has 146 valence electrons. The van der Waals surface area contributed by atoms with Crippen LogP contribution in [-0.2, 0) is 11.3 Å². The molecule has 7 heteroatoms. The molecule has 1 saturated heterocycles. The van der Waals surface area contributed by atoms with Gasteiger partial charge in [0.25, 0.3) is 5.91 Å². The molecule has 0 N–H and O–H groups in total. The highest BCUT2D eigenvalue weighted by Crippen LogP contribution is 2.21. The number of amides is 1. The molecule has 1 aliphatic heterocycles. The van der Waals surface area contributed by atoms with Gasteiger partial charge in [-0.25, -0.2) is 0 Å². The first-order chi connectivity index (χ1) is 13.5. The minimum Gasteiger partial charge on any atom is -0.464 e. The molecular weight excluding hydrogens is 426 g/mol. The number of carbonyl (C=O) groups excluding carboxylic acids is 1. The largest absolute Gasteiger partial charge is 0.464 e. The summed E-state index contributed by atoms with van der Waals surface area (Å²) in [4.78, 5) is 27.3. The average molecular weight is 446 g/mol. The third kappa shape index (κ3) is 4.05. The molecule has 0 spiro atoms. The van der Waals surface area contributed by atoms with Crippen molar-refractivity contribution in [3.8, 4) is 0 Å². The van der Waals surface area contributed by atoms with Gasteiger partial charge >= 0.3 is 0 Å². The summed E-state index contributed by atoms with van der Waals surface area (Å²) < 4.78 is 17.9. The van der Waals surface area contributed by atoms with Crippen LogP contribution < -0.4 is 5.43 Å². The van der Waals surface area contributed by atoms with Crippen LogP contribution in [0, 0.1) is 6.92 Å². The average Bonchev–Trinajstić information content (AvgIpc) is 3.32. The van der Waals surface area contributed by atoms with E-state index in [1.165, 1.54) is 6.07 Å². The lowest BCUT2D eigenvalue weighted by Crippen LogP contribution is -2.37. The van der Waals surface area contributed by atoms with E-state index in [0.717, 1.165) is 23.1 Å². The number of fused-ring (bicyclic) bond motifs is 1. The van der Waals surface area contributed by atoms with Gasteiger partial charge < -0.3 is 18.5 Å². The van der Waals surface area contributed by atoms with Crippen LogP contribution >= 0.6 is 15.9 Å². The van der Waals surface area contributed by atoms with Crippen molar-refractivity contribution in [2.75, 3.05) is 13.2 Å². The number of benzene rings is 1. The fourth-order valence-corrected chi connectivity index (χ4v) is 3.74. The maximum atomic E-state index is 13.2. The van der Waals surface area contributed by atoms with Crippen molar-refractivity contribution in [1.82, 2.24) is 4.90 Å². The van der Waals surface area contributed by atoms with Gasteiger partial charge in [-0.2, -0.15) is 0 Å². The van der Waals surface area contributed by atoms with E-state index in [-0.39, 0.29) is 29.7 Å². The molecule has 2 aromatic heterocycles. The van der Waals surface area contributed by atoms with Crippen molar-refractivity contribution in [2.45, 2.75) is 32.4 Å². The maximum Gasteiger partial charge on any atom is 0.290 e. The molecule has 1 aromatic carbocycles. The molecule has 6 nitrogen and oxygen atoms in total. The van der Waals surface area contributed by atoms with Gasteiger partial charge in [-0.3, -0.25) is 9.59 Å². The van der Waals surface area contributed by atoms with Crippen LogP contribution in [0.2, 0.25) is 0 Å². The van der Waals surface area contributed by atoms with E-state index in [1.54, 1.807) is 23.1 Å². The molecule has 1 atom stereocenters. The normalized spacial score (nSPS) is 16.6. The van der Waals surface area contributed by atoms with E-state index in [2.05, 4.69) is 15.9 Å². The molecule has 3 heterocycles. The molecule has 1 fully saturated rings. The minimum atomic E-state index is -0.358. The lowest BCUT2D eigenvalue weighted by atomic mass is 10.2. The molecule has 3 aromatic rings. The van der Waals surface area contributed by atoms with Crippen LogP contribution in [0.25, 0.3) is 11.0 Å². The number of ether oxygens (including phenoxy) is 1. The van der Waals surface area contributed by atoms with Crippen LogP contribution in [0.4, 0.5) is 0 Å². The molecule has 4 rings (SSSR count). The van der Waals surface area contributed by atoms with E-state index in [0.29, 0.717) is 29.9 Å². The Morgan fingerprint density at radius 1 is 1.21 bits per heavy atom. The van der Waals surface area contributed by atoms with Gasteiger partial charge in [-0.1, -0.05) is 15.9 Å². The van der Waals surface area contributed by atoms with Gasteiger partial charge in [0.1, 0.15) is 17.1 Å². The zero-order valence-electron chi connectivity index (χ0n) is 15.4. The van der Waals surface area contributed by atoms with Crippen LogP contribution in [0.1, 0.15) is 34.9 Å². The second-order valence-corrected chi connectivity index (χ2v) is 7.86. The summed E-state index contributed by atoms with van der Waals surface area (Å²) in [5.74, 6) is 1.11. The third-order valence-corrected chi connectivity index (χ3v) is 5.27. The number of halogens is 1. The molecule has 28 heavy (non-hydrogen) atoms. The number of nitrogens with zero attached hydrogens (tertiary/aromatic N) is 1. The van der Waals surface area contributed by atoms with Gasteiger partial charge in [-0.05, 0) is 50.1 Å². The van der Waals surface area contributed by atoms with Crippen LogP contribution in [0.3, 0.4) is 0 Å². The van der Waals surface area contributed by atoms with E-state index in [4.69, 9.17) is 13.6 Å². The van der Waals surface area contributed by atoms with E-state index < -0.39 is 0 Å². The van der Waals surface area contributed by atoms with Crippen molar-refractivity contribution < 1.29 is 18.4 Å². The molecule has 1 aliphatic rings. The van der Waals surface area contributed by atoms with Crippen molar-refractivity contribution in [2.24, 2.45) is 0 Å². The monoisotopic (exact) mass is 445 g/mol. The standard InChI is InChI=1S/C21H20BrNO5/c1-13-4-6-16(27-13)12-23(11-15-3-2-8-26-15)21(25)20-10-18(24)17-7-5-14(22)9-19(17)28-20/h4-7,9-10,15H,2-3,8,11-12H2,1H3/t15-/m0/s1. The predicted molar refractivity (Wildman–Crippen MR) is 107 cm³/mol. The smallest absolute Gasteiger partial charge is 0.290 e. The molecule has 0 radical (unpaired) electrons. The first-order valence-corrected chi connectivity index (χ1v) is 9.98.